The zero-order valence-corrected chi connectivity index (χ0v) is 23.3. The average Bonchev–Trinajstić information content (AvgIpc) is 2.91. The Morgan fingerprint density at radius 2 is 1.80 bits per heavy atom. The van der Waals surface area contributed by atoms with Crippen LogP contribution in [0.4, 0.5) is 31.0 Å². The Balaban J connectivity index is 1.97. The number of amides is 3. The smallest absolute Gasteiger partial charge is 0.328 e. The van der Waals surface area contributed by atoms with Crippen LogP contribution >= 0.6 is 0 Å². The van der Waals surface area contributed by atoms with Crippen LogP contribution in [0.2, 0.25) is 0 Å². The Labute approximate surface area is 233 Å². The van der Waals surface area contributed by atoms with Crippen LogP contribution in [0.15, 0.2) is 36.4 Å². The van der Waals surface area contributed by atoms with Crippen LogP contribution < -0.4 is 20.9 Å². The van der Waals surface area contributed by atoms with Gasteiger partial charge in [-0.1, -0.05) is 25.5 Å². The maximum atomic E-state index is 15.0. The topological polar surface area (TPSA) is 108 Å². The van der Waals surface area contributed by atoms with Gasteiger partial charge in [-0.25, -0.2) is 23.5 Å². The van der Waals surface area contributed by atoms with Crippen LogP contribution in [0, 0.1) is 11.6 Å². The monoisotopic (exact) mass is 551 g/mol. The van der Waals surface area contributed by atoms with Crippen molar-refractivity contribution in [2.75, 3.05) is 44.0 Å². The number of nitrogens with one attached hydrogen (secondary N) is 1. The fourth-order valence-electron chi connectivity index (χ4n) is 4.71. The lowest BCUT2D eigenvalue weighted by atomic mass is 9.94. The average molecular weight is 552 g/mol. The van der Waals surface area contributed by atoms with Gasteiger partial charge in [-0.2, -0.15) is 4.98 Å². The van der Waals surface area contributed by atoms with Gasteiger partial charge in [0.2, 0.25) is 11.9 Å². The summed E-state index contributed by atoms with van der Waals surface area (Å²) >= 11 is 0. The number of rotatable bonds is 11. The number of anilines is 3. The number of benzene rings is 2. The van der Waals surface area contributed by atoms with E-state index in [-0.39, 0.29) is 18.3 Å². The molecule has 0 unspecified atom stereocenters. The number of primary amides is 1. The third-order valence-electron chi connectivity index (χ3n) is 6.86. The number of fused-ring (bicyclic) bond motifs is 1. The predicted octanol–water partition coefficient (Wildman–Crippen LogP) is 4.61. The molecule has 0 aliphatic carbocycles. The second kappa shape index (κ2) is 12.4. The van der Waals surface area contributed by atoms with Crippen LogP contribution in [-0.4, -0.2) is 61.0 Å². The number of nitrogens with two attached hydrogens (primary N) is 1. The Hall–Kier alpha value is -4.12. The highest BCUT2D eigenvalue weighted by molar-refractivity contribution is 6.02. The van der Waals surface area contributed by atoms with Crippen molar-refractivity contribution in [3.63, 3.8) is 0 Å². The number of hydrogen-bond acceptors (Lipinski definition) is 6. The lowest BCUT2D eigenvalue weighted by Gasteiger charge is -2.32. The molecule has 4 rings (SSSR count). The fourth-order valence-corrected chi connectivity index (χ4v) is 4.71. The van der Waals surface area contributed by atoms with Gasteiger partial charge in [0, 0.05) is 30.3 Å². The van der Waals surface area contributed by atoms with E-state index in [2.05, 4.69) is 22.1 Å². The first-order valence-corrected chi connectivity index (χ1v) is 13.3. The minimum absolute atomic E-state index is 0.0364. The van der Waals surface area contributed by atoms with Gasteiger partial charge < -0.3 is 20.9 Å². The minimum atomic E-state index is -0.900. The van der Waals surface area contributed by atoms with Gasteiger partial charge in [0.15, 0.2) is 5.82 Å². The predicted molar refractivity (Wildman–Crippen MR) is 152 cm³/mol. The number of aromatic nitrogens is 2. The molecule has 0 fully saturated rings. The molecule has 3 amide bonds. The van der Waals surface area contributed by atoms with Crippen LogP contribution in [0.1, 0.15) is 47.7 Å². The lowest BCUT2D eigenvalue weighted by Crippen LogP contribution is -2.43. The number of carbonyl (C=O) groups is 2. The Bertz CT molecular complexity index is 1390. The van der Waals surface area contributed by atoms with Crippen molar-refractivity contribution < 1.29 is 18.4 Å². The molecular formula is C29H35F2N7O2. The summed E-state index contributed by atoms with van der Waals surface area (Å²) in [6.45, 7) is 3.55. The van der Waals surface area contributed by atoms with Gasteiger partial charge in [0.1, 0.15) is 17.3 Å². The lowest BCUT2D eigenvalue weighted by molar-refractivity contribution is 0.1000. The molecule has 1 aliphatic heterocycles. The van der Waals surface area contributed by atoms with E-state index in [4.69, 9.17) is 10.7 Å². The number of unbranched alkanes of at least 4 members (excludes halogenated alkanes) is 1. The zero-order chi connectivity index (χ0) is 29.0. The van der Waals surface area contributed by atoms with Gasteiger partial charge in [-0.3, -0.25) is 4.79 Å². The van der Waals surface area contributed by atoms with E-state index in [0.717, 1.165) is 54.8 Å². The normalized spacial score (nSPS) is 12.9. The molecular weight excluding hydrogens is 516 g/mol. The van der Waals surface area contributed by atoms with E-state index >= 15 is 8.78 Å². The number of hydrogen-bond donors (Lipinski definition) is 2. The van der Waals surface area contributed by atoms with E-state index < -0.39 is 29.3 Å². The van der Waals surface area contributed by atoms with E-state index in [1.807, 2.05) is 32.1 Å². The highest BCUT2D eigenvalue weighted by Gasteiger charge is 2.34. The Kier molecular flexibility index (Phi) is 8.93. The second-order valence-electron chi connectivity index (χ2n) is 10.2. The standard InChI is InChI=1S/C29H35F2N7O2/c1-5-6-9-18-12-13-19(26(32)39)16-20(18)24-21-17-33-29(40)38(25-22(30)10-7-11-23(25)31)27(21)35-28(34-24)37(4)15-8-14-36(2)3/h7,10-13,16H,5-6,8-9,14-15,17H2,1-4H3,(H2,32,39)(H,33,40). The van der Waals surface area contributed by atoms with Crippen LogP contribution in [0.3, 0.4) is 0 Å². The molecule has 2 aromatic carbocycles. The molecule has 0 saturated carbocycles. The SMILES string of the molecule is CCCCc1ccc(C(N)=O)cc1-c1nc(N(C)CCCN(C)C)nc2c1CNC(=O)N2c1c(F)cccc1F. The van der Waals surface area contributed by atoms with Gasteiger partial charge in [-0.05, 0) is 69.7 Å². The molecule has 11 heteroatoms. The Morgan fingerprint density at radius 3 is 2.45 bits per heavy atom. The second-order valence-corrected chi connectivity index (χ2v) is 10.2. The molecule has 3 aromatic rings. The summed E-state index contributed by atoms with van der Waals surface area (Å²) in [4.78, 5) is 39.7. The summed E-state index contributed by atoms with van der Waals surface area (Å²) < 4.78 is 30.0. The molecule has 1 aromatic heterocycles. The first-order chi connectivity index (χ1) is 19.1. The fraction of sp³-hybridized carbons (Fsp3) is 0.379. The maximum absolute atomic E-state index is 15.0. The first-order valence-electron chi connectivity index (χ1n) is 13.3. The van der Waals surface area contributed by atoms with Crippen molar-refractivity contribution in [2.45, 2.75) is 39.2 Å². The highest BCUT2D eigenvalue weighted by atomic mass is 19.1. The van der Waals surface area contributed by atoms with Crippen LogP contribution in [-0.2, 0) is 13.0 Å². The number of carbonyl (C=O) groups excluding carboxylic acids is 2. The molecule has 0 atom stereocenters. The molecule has 0 saturated heterocycles. The van der Waals surface area contributed by atoms with Gasteiger partial charge in [0.25, 0.3) is 0 Å². The summed E-state index contributed by atoms with van der Waals surface area (Å²) in [6.07, 6.45) is 3.38. The summed E-state index contributed by atoms with van der Waals surface area (Å²) in [5, 5.41) is 2.71. The third kappa shape index (κ3) is 6.04. The van der Waals surface area contributed by atoms with Gasteiger partial charge in [0.05, 0.1) is 12.2 Å². The highest BCUT2D eigenvalue weighted by Crippen LogP contribution is 2.40. The van der Waals surface area contributed by atoms with Crippen molar-refractivity contribution >= 4 is 29.4 Å². The quantitative estimate of drug-likeness (QED) is 0.360. The molecule has 3 N–H and O–H groups in total. The Morgan fingerprint density at radius 1 is 1.07 bits per heavy atom. The zero-order valence-electron chi connectivity index (χ0n) is 23.3. The van der Waals surface area contributed by atoms with Crippen molar-refractivity contribution in [2.24, 2.45) is 5.73 Å². The van der Waals surface area contributed by atoms with Crippen molar-refractivity contribution in [1.29, 1.82) is 0 Å². The van der Waals surface area contributed by atoms with Crippen molar-refractivity contribution in [3.8, 4) is 11.3 Å². The molecule has 1 aliphatic rings. The molecule has 2 heterocycles. The molecule has 212 valence electrons. The molecule has 0 radical (unpaired) electrons. The first kappa shape index (κ1) is 28.9. The minimum Gasteiger partial charge on any atom is -0.366 e. The van der Waals surface area contributed by atoms with E-state index in [0.29, 0.717) is 28.9 Å². The molecule has 9 nitrogen and oxygen atoms in total. The number of aryl methyl sites for hydroxylation is 1. The number of halogens is 2. The van der Waals surface area contributed by atoms with Gasteiger partial charge >= 0.3 is 6.03 Å². The molecule has 40 heavy (non-hydrogen) atoms. The maximum Gasteiger partial charge on any atom is 0.328 e. The number of nitrogens with zero attached hydrogens (tertiary/aromatic N) is 5. The van der Waals surface area contributed by atoms with E-state index in [9.17, 15) is 9.59 Å². The van der Waals surface area contributed by atoms with Crippen LogP contribution in [0.25, 0.3) is 11.3 Å². The molecule has 0 bridgehead atoms. The van der Waals surface area contributed by atoms with Gasteiger partial charge in [-0.15, -0.1) is 0 Å². The molecule has 0 spiro atoms. The third-order valence-corrected chi connectivity index (χ3v) is 6.86. The van der Waals surface area contributed by atoms with E-state index in [1.54, 1.807) is 12.1 Å². The van der Waals surface area contributed by atoms with E-state index in [1.165, 1.54) is 6.07 Å². The van der Waals surface area contributed by atoms with Crippen LogP contribution in [0.5, 0.6) is 0 Å². The number of urea groups is 1. The largest absolute Gasteiger partial charge is 0.366 e. The summed E-state index contributed by atoms with van der Waals surface area (Å²) in [7, 11) is 5.79. The summed E-state index contributed by atoms with van der Waals surface area (Å²) in [5.74, 6) is -2.02. The van der Waals surface area contributed by atoms with Crippen molar-refractivity contribution in [3.05, 3.63) is 64.7 Å². The number of para-hydroxylation sites is 1. The summed E-state index contributed by atoms with van der Waals surface area (Å²) in [5.41, 5.74) is 7.95. The van der Waals surface area contributed by atoms with Crippen molar-refractivity contribution in [1.82, 2.24) is 20.2 Å². The summed E-state index contributed by atoms with van der Waals surface area (Å²) in [6, 6.07) is 7.94.